The maximum atomic E-state index is 14.0. The van der Waals surface area contributed by atoms with Gasteiger partial charge in [0, 0.05) is 5.69 Å². The molecule has 0 bridgehead atoms. The molecule has 0 saturated heterocycles. The highest BCUT2D eigenvalue weighted by Gasteiger charge is 2.38. The SMILES string of the molecule is CCOC(=O)C1=C(CSc2nc(CC)c(C)cc2C#N)OC(N)=C(C#N)[C@H]1c1cccc(F)c1. The highest BCUT2D eigenvalue weighted by atomic mass is 32.2. The molecule has 1 aromatic carbocycles. The normalized spacial score (nSPS) is 15.4. The lowest BCUT2D eigenvalue weighted by Gasteiger charge is -2.28. The van der Waals surface area contributed by atoms with Crippen LogP contribution >= 0.6 is 11.8 Å². The Labute approximate surface area is 201 Å². The molecule has 174 valence electrons. The zero-order valence-electron chi connectivity index (χ0n) is 19.0. The molecule has 0 amide bonds. The second-order valence-electron chi connectivity index (χ2n) is 7.40. The van der Waals surface area contributed by atoms with Gasteiger partial charge in [-0.1, -0.05) is 30.8 Å². The molecule has 3 rings (SSSR count). The Bertz CT molecular complexity index is 1270. The summed E-state index contributed by atoms with van der Waals surface area (Å²) in [5, 5.41) is 19.8. The van der Waals surface area contributed by atoms with Gasteiger partial charge in [-0.05, 0) is 49.6 Å². The van der Waals surface area contributed by atoms with Crippen LogP contribution < -0.4 is 5.73 Å². The van der Waals surface area contributed by atoms with E-state index in [0.717, 1.165) is 11.3 Å². The van der Waals surface area contributed by atoms with Gasteiger partial charge < -0.3 is 15.2 Å². The predicted octanol–water partition coefficient (Wildman–Crippen LogP) is 4.38. The van der Waals surface area contributed by atoms with Gasteiger partial charge in [-0.25, -0.2) is 14.2 Å². The number of nitrogens with two attached hydrogens (primary N) is 1. The Morgan fingerprint density at radius 3 is 2.68 bits per heavy atom. The molecule has 9 heteroatoms. The summed E-state index contributed by atoms with van der Waals surface area (Å²) < 4.78 is 25.0. The number of benzene rings is 1. The van der Waals surface area contributed by atoms with Crippen molar-refractivity contribution in [2.24, 2.45) is 5.73 Å². The van der Waals surface area contributed by atoms with E-state index in [2.05, 4.69) is 11.1 Å². The monoisotopic (exact) mass is 478 g/mol. The second kappa shape index (κ2) is 10.9. The van der Waals surface area contributed by atoms with Crippen LogP contribution in [0.5, 0.6) is 0 Å². The predicted molar refractivity (Wildman–Crippen MR) is 125 cm³/mol. The van der Waals surface area contributed by atoms with Crippen molar-refractivity contribution in [3.63, 3.8) is 0 Å². The van der Waals surface area contributed by atoms with E-state index in [0.29, 0.717) is 22.6 Å². The Kier molecular flexibility index (Phi) is 7.93. The number of esters is 1. The van der Waals surface area contributed by atoms with Gasteiger partial charge >= 0.3 is 5.97 Å². The van der Waals surface area contributed by atoms with Gasteiger partial charge in [-0.3, -0.25) is 0 Å². The molecular formula is C25H23FN4O3S. The molecular weight excluding hydrogens is 455 g/mol. The van der Waals surface area contributed by atoms with Crippen LogP contribution in [0.15, 0.2) is 58.1 Å². The molecule has 2 N–H and O–H groups in total. The van der Waals surface area contributed by atoms with E-state index in [1.807, 2.05) is 19.9 Å². The summed E-state index contributed by atoms with van der Waals surface area (Å²) in [6.07, 6.45) is 0.696. The first kappa shape index (κ1) is 24.8. The number of hydrogen-bond acceptors (Lipinski definition) is 8. The molecule has 2 heterocycles. The first-order valence-corrected chi connectivity index (χ1v) is 11.6. The smallest absolute Gasteiger partial charge is 0.338 e. The number of rotatable bonds is 7. The average molecular weight is 479 g/mol. The third-order valence-corrected chi connectivity index (χ3v) is 6.24. The second-order valence-corrected chi connectivity index (χ2v) is 8.36. The summed E-state index contributed by atoms with van der Waals surface area (Å²) in [6.45, 7) is 5.62. The number of allylic oxidation sites excluding steroid dienone is 1. The van der Waals surface area contributed by atoms with Crippen molar-refractivity contribution in [3.8, 4) is 12.1 Å². The van der Waals surface area contributed by atoms with Crippen LogP contribution in [0.1, 0.15) is 42.1 Å². The molecule has 0 radical (unpaired) electrons. The van der Waals surface area contributed by atoms with Crippen molar-refractivity contribution in [2.75, 3.05) is 12.4 Å². The maximum Gasteiger partial charge on any atom is 0.338 e. The number of ether oxygens (including phenoxy) is 2. The summed E-state index contributed by atoms with van der Waals surface area (Å²) in [6, 6.07) is 11.5. The lowest BCUT2D eigenvalue weighted by molar-refractivity contribution is -0.139. The molecule has 0 spiro atoms. The highest BCUT2D eigenvalue weighted by molar-refractivity contribution is 7.99. The first-order chi connectivity index (χ1) is 16.3. The number of thioether (sulfide) groups is 1. The quantitative estimate of drug-likeness (QED) is 0.459. The summed E-state index contributed by atoms with van der Waals surface area (Å²) in [4.78, 5) is 17.6. The molecule has 0 fully saturated rings. The van der Waals surface area contributed by atoms with Crippen molar-refractivity contribution < 1.29 is 18.7 Å². The lowest BCUT2D eigenvalue weighted by atomic mass is 9.83. The van der Waals surface area contributed by atoms with E-state index < -0.39 is 17.7 Å². The summed E-state index contributed by atoms with van der Waals surface area (Å²) in [7, 11) is 0. The summed E-state index contributed by atoms with van der Waals surface area (Å²) in [5.41, 5.74) is 8.64. The van der Waals surface area contributed by atoms with E-state index >= 15 is 0 Å². The van der Waals surface area contributed by atoms with E-state index in [9.17, 15) is 19.7 Å². The molecule has 7 nitrogen and oxygen atoms in total. The Hall–Kier alpha value is -3.82. The Balaban J connectivity index is 2.11. The fraction of sp³-hybridized carbons (Fsp3) is 0.280. The number of aryl methyl sites for hydroxylation is 2. The minimum Gasteiger partial charge on any atom is -0.463 e. The molecule has 34 heavy (non-hydrogen) atoms. The number of nitriles is 2. The zero-order chi connectivity index (χ0) is 24.8. The van der Waals surface area contributed by atoms with Crippen LogP contribution in [0.3, 0.4) is 0 Å². The third kappa shape index (κ3) is 5.05. The summed E-state index contributed by atoms with van der Waals surface area (Å²) in [5.74, 6) is -2.09. The summed E-state index contributed by atoms with van der Waals surface area (Å²) >= 11 is 1.21. The maximum absolute atomic E-state index is 14.0. The van der Waals surface area contributed by atoms with E-state index in [4.69, 9.17) is 15.2 Å². The molecule has 0 unspecified atom stereocenters. The van der Waals surface area contributed by atoms with Gasteiger partial charge in [0.1, 0.15) is 34.3 Å². The minimum atomic E-state index is -0.961. The van der Waals surface area contributed by atoms with Crippen LogP contribution in [0.2, 0.25) is 0 Å². The van der Waals surface area contributed by atoms with Gasteiger partial charge in [-0.2, -0.15) is 10.5 Å². The molecule has 1 aliphatic rings. The molecule has 0 saturated carbocycles. The number of aromatic nitrogens is 1. The van der Waals surface area contributed by atoms with Crippen LogP contribution in [0.4, 0.5) is 4.39 Å². The lowest BCUT2D eigenvalue weighted by Crippen LogP contribution is -2.27. The highest BCUT2D eigenvalue weighted by Crippen LogP contribution is 2.41. The van der Waals surface area contributed by atoms with Gasteiger partial charge in [0.2, 0.25) is 5.88 Å². The zero-order valence-corrected chi connectivity index (χ0v) is 19.8. The average Bonchev–Trinajstić information content (AvgIpc) is 2.82. The molecule has 1 atom stereocenters. The fourth-order valence-corrected chi connectivity index (χ4v) is 4.61. The first-order valence-electron chi connectivity index (χ1n) is 10.6. The van der Waals surface area contributed by atoms with Crippen molar-refractivity contribution >= 4 is 17.7 Å². The van der Waals surface area contributed by atoms with Crippen LogP contribution in [-0.2, 0) is 20.7 Å². The standard InChI is InChI=1S/C25H23FN4O3S/c1-4-19-14(3)9-16(11-27)24(30-19)34-13-20-22(25(31)32-5-2)21(18(12-28)23(29)33-20)15-7-6-8-17(26)10-15/h6-10,21H,4-5,13,29H2,1-3H3/t21-/m1/s1. The third-order valence-electron chi connectivity index (χ3n) is 5.25. The largest absolute Gasteiger partial charge is 0.463 e. The minimum absolute atomic E-state index is 0.0122. The van der Waals surface area contributed by atoms with Gasteiger partial charge in [-0.15, -0.1) is 0 Å². The van der Waals surface area contributed by atoms with Crippen molar-refractivity contribution in [3.05, 3.63) is 81.3 Å². The number of pyridine rings is 1. The van der Waals surface area contributed by atoms with Gasteiger partial charge in [0.25, 0.3) is 0 Å². The number of halogens is 1. The van der Waals surface area contributed by atoms with Crippen LogP contribution in [0.25, 0.3) is 0 Å². The molecule has 1 aliphatic heterocycles. The number of hydrogen-bond donors (Lipinski definition) is 1. The Morgan fingerprint density at radius 1 is 1.29 bits per heavy atom. The number of carbonyl (C=O) groups is 1. The van der Waals surface area contributed by atoms with Gasteiger partial charge in [0.15, 0.2) is 0 Å². The van der Waals surface area contributed by atoms with Crippen molar-refractivity contribution in [1.29, 1.82) is 10.5 Å². The van der Waals surface area contributed by atoms with Crippen molar-refractivity contribution in [2.45, 2.75) is 38.1 Å². The Morgan fingerprint density at radius 2 is 2.06 bits per heavy atom. The topological polar surface area (TPSA) is 122 Å². The van der Waals surface area contributed by atoms with Crippen LogP contribution in [-0.4, -0.2) is 23.3 Å². The van der Waals surface area contributed by atoms with Crippen molar-refractivity contribution in [1.82, 2.24) is 4.98 Å². The van der Waals surface area contributed by atoms with E-state index in [1.165, 1.54) is 30.0 Å². The molecule has 2 aromatic rings. The number of carbonyl (C=O) groups excluding carboxylic acids is 1. The van der Waals surface area contributed by atoms with E-state index in [1.54, 1.807) is 19.1 Å². The van der Waals surface area contributed by atoms with Gasteiger partial charge in [0.05, 0.1) is 29.4 Å². The fourth-order valence-electron chi connectivity index (χ4n) is 3.69. The molecule has 1 aromatic heterocycles. The van der Waals surface area contributed by atoms with Crippen LogP contribution in [0, 0.1) is 35.4 Å². The number of nitrogens with zero attached hydrogens (tertiary/aromatic N) is 3. The van der Waals surface area contributed by atoms with E-state index in [-0.39, 0.29) is 35.1 Å². The molecule has 0 aliphatic carbocycles.